The normalized spacial score (nSPS) is 20.3. The predicted octanol–water partition coefficient (Wildman–Crippen LogP) is 2.46. The number of carboxylic acid groups (broad SMARTS) is 1. The van der Waals surface area contributed by atoms with Gasteiger partial charge in [0.05, 0.1) is 25.3 Å². The summed E-state index contributed by atoms with van der Waals surface area (Å²) in [6, 6.07) is 8.05. The van der Waals surface area contributed by atoms with Crippen LogP contribution in [0.25, 0.3) is 0 Å². The van der Waals surface area contributed by atoms with Gasteiger partial charge in [-0.15, -0.1) is 11.3 Å². The summed E-state index contributed by atoms with van der Waals surface area (Å²) in [5, 5.41) is 10.5. The van der Waals surface area contributed by atoms with Crippen LogP contribution in [0.5, 0.6) is 0 Å². The number of ether oxygens (including phenoxy) is 1. The van der Waals surface area contributed by atoms with Crippen molar-refractivity contribution in [2.75, 3.05) is 43.5 Å². The Morgan fingerprint density at radius 2 is 2.06 bits per heavy atom. The molecule has 2 saturated heterocycles. The molecule has 2 atom stereocenters. The van der Waals surface area contributed by atoms with E-state index in [4.69, 9.17) is 15.6 Å². The second-order valence-corrected chi connectivity index (χ2v) is 9.76. The molecule has 1 unspecified atom stereocenters. The number of nitrogens with two attached hydrogens (primary N) is 1. The van der Waals surface area contributed by atoms with E-state index in [0.29, 0.717) is 23.1 Å². The van der Waals surface area contributed by atoms with Crippen LogP contribution in [-0.2, 0) is 9.53 Å². The van der Waals surface area contributed by atoms with Crippen molar-refractivity contribution in [1.29, 1.82) is 0 Å². The number of hydrogen-bond donors (Lipinski definition) is 2. The molecule has 2 aromatic rings. The second kappa shape index (κ2) is 9.99. The van der Waals surface area contributed by atoms with Gasteiger partial charge in [-0.05, 0) is 24.1 Å². The van der Waals surface area contributed by atoms with Crippen LogP contribution in [-0.4, -0.2) is 71.5 Å². The van der Waals surface area contributed by atoms with Crippen LogP contribution in [0.3, 0.4) is 0 Å². The Labute approximate surface area is 189 Å². The number of anilines is 1. The highest BCUT2D eigenvalue weighted by atomic mass is 32.2. The van der Waals surface area contributed by atoms with E-state index in [1.807, 2.05) is 4.90 Å². The summed E-state index contributed by atoms with van der Waals surface area (Å²) in [5.74, 6) is -0.253. The zero-order valence-corrected chi connectivity index (χ0v) is 18.7. The van der Waals surface area contributed by atoms with Gasteiger partial charge in [-0.2, -0.15) is 0 Å². The number of hydrogen-bond acceptors (Lipinski definition) is 8. The Kier molecular flexibility index (Phi) is 7.11. The highest BCUT2D eigenvalue weighted by molar-refractivity contribution is 8.01. The summed E-state index contributed by atoms with van der Waals surface area (Å²) >= 11 is 2.78. The van der Waals surface area contributed by atoms with Gasteiger partial charge in [-0.3, -0.25) is 4.79 Å². The number of likely N-dealkylation sites (tertiary alicyclic amines) is 1. The Bertz CT molecular complexity index is 914. The molecule has 8 nitrogen and oxygen atoms in total. The van der Waals surface area contributed by atoms with Crippen LogP contribution in [0, 0.1) is 0 Å². The van der Waals surface area contributed by atoms with E-state index >= 15 is 0 Å². The first-order chi connectivity index (χ1) is 15.0. The van der Waals surface area contributed by atoms with Crippen molar-refractivity contribution in [2.24, 2.45) is 5.73 Å². The van der Waals surface area contributed by atoms with Crippen LogP contribution < -0.4 is 10.6 Å². The standard InChI is InChI=1S/C21H26N4O4S2/c22-19(14-1-3-15(4-2-14)24-7-10-29-11-8-24)17-5-6-18(26)25(17)9-12-30-21-23-16(13-31-21)20(27)28/h1-4,13,17,19H,5-12,22H2,(H,27,28)/t17-,19?/m1/s1. The lowest BCUT2D eigenvalue weighted by molar-refractivity contribution is -0.128. The van der Waals surface area contributed by atoms with Crippen molar-refractivity contribution < 1.29 is 19.4 Å². The first kappa shape index (κ1) is 22.1. The third-order valence-electron chi connectivity index (χ3n) is 5.70. The van der Waals surface area contributed by atoms with Gasteiger partial charge in [0.25, 0.3) is 0 Å². The first-order valence-electron chi connectivity index (χ1n) is 10.3. The van der Waals surface area contributed by atoms with E-state index < -0.39 is 5.97 Å². The van der Waals surface area contributed by atoms with Crippen molar-refractivity contribution in [2.45, 2.75) is 29.3 Å². The summed E-state index contributed by atoms with van der Waals surface area (Å²) in [6.07, 6.45) is 1.26. The molecule has 4 rings (SSSR count). The molecule has 2 fully saturated rings. The van der Waals surface area contributed by atoms with Crippen LogP contribution in [0.15, 0.2) is 34.0 Å². The summed E-state index contributed by atoms with van der Waals surface area (Å²) in [5.41, 5.74) is 8.85. The molecular formula is C21H26N4O4S2. The maximum absolute atomic E-state index is 12.5. The molecule has 166 valence electrons. The molecular weight excluding hydrogens is 436 g/mol. The lowest BCUT2D eigenvalue weighted by Gasteiger charge is -2.31. The maximum atomic E-state index is 12.5. The smallest absolute Gasteiger partial charge is 0.355 e. The van der Waals surface area contributed by atoms with Gasteiger partial charge >= 0.3 is 5.97 Å². The minimum Gasteiger partial charge on any atom is -0.476 e. The Hall–Kier alpha value is -2.14. The van der Waals surface area contributed by atoms with Crippen LogP contribution in [0.4, 0.5) is 5.69 Å². The molecule has 3 N–H and O–H groups in total. The van der Waals surface area contributed by atoms with E-state index in [2.05, 4.69) is 34.1 Å². The van der Waals surface area contributed by atoms with Crippen molar-refractivity contribution in [3.63, 3.8) is 0 Å². The summed E-state index contributed by atoms with van der Waals surface area (Å²) in [6.45, 7) is 3.84. The fourth-order valence-corrected chi connectivity index (χ4v) is 5.83. The fourth-order valence-electron chi connectivity index (χ4n) is 4.02. The number of thiazole rings is 1. The average Bonchev–Trinajstić information content (AvgIpc) is 3.41. The van der Waals surface area contributed by atoms with E-state index in [-0.39, 0.29) is 23.7 Å². The Morgan fingerprint density at radius 3 is 2.74 bits per heavy atom. The monoisotopic (exact) mass is 462 g/mol. The van der Waals surface area contributed by atoms with Crippen molar-refractivity contribution in [3.05, 3.63) is 40.9 Å². The van der Waals surface area contributed by atoms with Gasteiger partial charge in [0.15, 0.2) is 10.0 Å². The number of carbonyl (C=O) groups is 2. The van der Waals surface area contributed by atoms with E-state index in [9.17, 15) is 9.59 Å². The van der Waals surface area contributed by atoms with Gasteiger partial charge in [0, 0.05) is 42.9 Å². The minimum atomic E-state index is -1.02. The number of carboxylic acids is 1. The van der Waals surface area contributed by atoms with Gasteiger partial charge in [-0.1, -0.05) is 23.9 Å². The summed E-state index contributed by atoms with van der Waals surface area (Å²) in [4.78, 5) is 31.7. The van der Waals surface area contributed by atoms with Crippen LogP contribution in [0.2, 0.25) is 0 Å². The lowest BCUT2D eigenvalue weighted by atomic mass is 9.98. The van der Waals surface area contributed by atoms with Gasteiger partial charge < -0.3 is 25.4 Å². The zero-order valence-electron chi connectivity index (χ0n) is 17.1. The number of rotatable bonds is 8. The highest BCUT2D eigenvalue weighted by Gasteiger charge is 2.35. The molecule has 10 heteroatoms. The Morgan fingerprint density at radius 1 is 1.32 bits per heavy atom. The summed E-state index contributed by atoms with van der Waals surface area (Å²) in [7, 11) is 0. The molecule has 0 saturated carbocycles. The molecule has 31 heavy (non-hydrogen) atoms. The second-order valence-electron chi connectivity index (χ2n) is 7.56. The largest absolute Gasteiger partial charge is 0.476 e. The van der Waals surface area contributed by atoms with Crippen molar-refractivity contribution >= 4 is 40.7 Å². The van der Waals surface area contributed by atoms with E-state index in [1.54, 1.807) is 0 Å². The average molecular weight is 463 g/mol. The quantitative estimate of drug-likeness (QED) is 0.576. The Balaban J connectivity index is 1.35. The predicted molar refractivity (Wildman–Crippen MR) is 121 cm³/mol. The number of thioether (sulfide) groups is 1. The molecule has 1 aromatic heterocycles. The number of aromatic nitrogens is 1. The van der Waals surface area contributed by atoms with Crippen LogP contribution >= 0.6 is 23.1 Å². The number of carbonyl (C=O) groups excluding carboxylic acids is 1. The highest BCUT2D eigenvalue weighted by Crippen LogP contribution is 2.31. The van der Waals surface area contributed by atoms with Crippen molar-refractivity contribution in [1.82, 2.24) is 9.88 Å². The topological polar surface area (TPSA) is 109 Å². The number of benzene rings is 1. The molecule has 2 aliphatic rings. The number of morpholine rings is 1. The van der Waals surface area contributed by atoms with Gasteiger partial charge in [-0.25, -0.2) is 9.78 Å². The molecule has 1 amide bonds. The molecule has 0 spiro atoms. The van der Waals surface area contributed by atoms with Gasteiger partial charge in [0.2, 0.25) is 5.91 Å². The number of aromatic carboxylic acids is 1. The van der Waals surface area contributed by atoms with Gasteiger partial charge in [0.1, 0.15) is 0 Å². The fraction of sp³-hybridized carbons (Fsp3) is 0.476. The van der Waals surface area contributed by atoms with Crippen LogP contribution in [0.1, 0.15) is 34.9 Å². The van der Waals surface area contributed by atoms with Crippen molar-refractivity contribution in [3.8, 4) is 0 Å². The molecule has 2 aliphatic heterocycles. The molecule has 0 aliphatic carbocycles. The van der Waals surface area contributed by atoms with E-state index in [0.717, 1.165) is 38.3 Å². The third-order valence-corrected chi connectivity index (χ3v) is 7.70. The SMILES string of the molecule is NC(c1ccc(N2CCOCC2)cc1)[C@H]1CCC(=O)N1CCSc1nc(C(=O)O)cs1. The lowest BCUT2D eigenvalue weighted by Crippen LogP contribution is -2.41. The minimum absolute atomic E-state index is 0.0341. The number of nitrogens with zero attached hydrogens (tertiary/aromatic N) is 3. The first-order valence-corrected chi connectivity index (χ1v) is 12.2. The zero-order chi connectivity index (χ0) is 21.8. The molecule has 1 aromatic carbocycles. The molecule has 0 bridgehead atoms. The molecule has 0 radical (unpaired) electrons. The van der Waals surface area contributed by atoms with E-state index in [1.165, 1.54) is 34.2 Å². The number of amides is 1. The summed E-state index contributed by atoms with van der Waals surface area (Å²) < 4.78 is 6.11. The maximum Gasteiger partial charge on any atom is 0.355 e. The third kappa shape index (κ3) is 5.20. The molecule has 3 heterocycles.